The molecule has 1 atom stereocenters. The Morgan fingerprint density at radius 2 is 1.88 bits per heavy atom. The normalized spacial score (nSPS) is 12.9. The maximum absolute atomic E-state index is 11.6. The van der Waals surface area contributed by atoms with Crippen molar-refractivity contribution >= 4 is 12.1 Å². The Hall–Kier alpha value is -1.30. The van der Waals surface area contributed by atoms with Crippen molar-refractivity contribution in [2.75, 3.05) is 20.8 Å². The zero-order valence-electron chi connectivity index (χ0n) is 10.3. The van der Waals surface area contributed by atoms with Crippen LogP contribution in [0.5, 0.6) is 0 Å². The molecule has 0 aromatic heterocycles. The van der Waals surface area contributed by atoms with Crippen molar-refractivity contribution in [2.24, 2.45) is 0 Å². The van der Waals surface area contributed by atoms with Gasteiger partial charge in [0, 0.05) is 7.05 Å². The highest BCUT2D eigenvalue weighted by molar-refractivity contribution is 5.81. The smallest absolute Gasteiger partial charge is 0.410 e. The molecule has 0 saturated carbocycles. The lowest BCUT2D eigenvalue weighted by molar-refractivity contribution is -0.147. The Labute approximate surface area is 95.1 Å². The lowest BCUT2D eigenvalue weighted by Gasteiger charge is -2.28. The highest BCUT2D eigenvalue weighted by Crippen LogP contribution is 2.11. The number of carbonyl (C=O) groups excluding carboxylic acids is 2. The lowest BCUT2D eigenvalue weighted by Crippen LogP contribution is -2.47. The van der Waals surface area contributed by atoms with Gasteiger partial charge in [0.2, 0.25) is 0 Å². The van der Waals surface area contributed by atoms with Crippen molar-refractivity contribution in [2.45, 2.75) is 32.4 Å². The molecule has 0 aromatic rings. The summed E-state index contributed by atoms with van der Waals surface area (Å²) < 4.78 is 9.50. The number of likely N-dealkylation sites (N-methyl/N-ethyl adjacent to an activating group) is 1. The number of aliphatic hydroxyl groups is 1. The van der Waals surface area contributed by atoms with Crippen LogP contribution in [0.3, 0.4) is 0 Å². The zero-order chi connectivity index (χ0) is 12.9. The molecule has 0 rings (SSSR count). The average molecular weight is 233 g/mol. The Bertz CT molecular complexity index is 258. The fraction of sp³-hybridized carbons (Fsp3) is 0.800. The van der Waals surface area contributed by atoms with Gasteiger partial charge in [-0.05, 0) is 20.8 Å². The third kappa shape index (κ3) is 4.48. The monoisotopic (exact) mass is 233 g/mol. The van der Waals surface area contributed by atoms with Gasteiger partial charge in [-0.2, -0.15) is 0 Å². The first-order valence-corrected chi connectivity index (χ1v) is 4.87. The zero-order valence-corrected chi connectivity index (χ0v) is 10.3. The molecule has 0 aliphatic rings. The lowest BCUT2D eigenvalue weighted by atomic mass is 10.2. The average Bonchev–Trinajstić information content (AvgIpc) is 2.15. The van der Waals surface area contributed by atoms with Crippen LogP contribution in [0.4, 0.5) is 4.79 Å². The van der Waals surface area contributed by atoms with E-state index in [1.165, 1.54) is 14.2 Å². The van der Waals surface area contributed by atoms with Crippen LogP contribution >= 0.6 is 0 Å². The topological polar surface area (TPSA) is 76.1 Å². The minimum Gasteiger partial charge on any atom is -0.467 e. The minimum absolute atomic E-state index is 0.511. The van der Waals surface area contributed by atoms with E-state index in [-0.39, 0.29) is 0 Å². The third-order valence-electron chi connectivity index (χ3n) is 1.80. The fourth-order valence-corrected chi connectivity index (χ4v) is 0.952. The summed E-state index contributed by atoms with van der Waals surface area (Å²) in [7, 11) is 2.56. The molecule has 0 radical (unpaired) electrons. The molecule has 6 heteroatoms. The summed E-state index contributed by atoms with van der Waals surface area (Å²) in [6, 6.07) is -1.04. The van der Waals surface area contributed by atoms with Gasteiger partial charge in [0.1, 0.15) is 5.60 Å². The van der Waals surface area contributed by atoms with Crippen LogP contribution in [0, 0.1) is 0 Å². The standard InChI is InChI=1S/C10H19NO5/c1-10(2,3)16-9(14)11(4)7(6-12)8(13)15-5/h7,12H,6H2,1-5H3/t7-/m0/s1. The molecule has 0 aliphatic carbocycles. The number of ether oxygens (including phenoxy) is 2. The maximum Gasteiger partial charge on any atom is 0.410 e. The number of aliphatic hydroxyl groups excluding tert-OH is 1. The fourth-order valence-electron chi connectivity index (χ4n) is 0.952. The van der Waals surface area contributed by atoms with Gasteiger partial charge in [-0.3, -0.25) is 4.90 Å². The first-order valence-electron chi connectivity index (χ1n) is 4.87. The number of nitrogens with zero attached hydrogens (tertiary/aromatic N) is 1. The van der Waals surface area contributed by atoms with E-state index in [1.54, 1.807) is 20.8 Å². The van der Waals surface area contributed by atoms with Gasteiger partial charge in [-0.25, -0.2) is 9.59 Å². The van der Waals surface area contributed by atoms with Crippen molar-refractivity contribution in [1.82, 2.24) is 4.90 Å². The molecular formula is C10H19NO5. The summed E-state index contributed by atoms with van der Waals surface area (Å²) in [6.45, 7) is 4.63. The van der Waals surface area contributed by atoms with Gasteiger partial charge >= 0.3 is 12.1 Å². The molecule has 16 heavy (non-hydrogen) atoms. The SMILES string of the molecule is COC(=O)[C@H](CO)N(C)C(=O)OC(C)(C)C. The van der Waals surface area contributed by atoms with Crippen LogP contribution in [0.15, 0.2) is 0 Å². The second-order valence-corrected chi connectivity index (χ2v) is 4.31. The van der Waals surface area contributed by atoms with E-state index in [0.717, 1.165) is 4.90 Å². The van der Waals surface area contributed by atoms with Gasteiger partial charge in [0.15, 0.2) is 6.04 Å². The molecule has 0 spiro atoms. The largest absolute Gasteiger partial charge is 0.467 e. The van der Waals surface area contributed by atoms with Crippen LogP contribution in [0.1, 0.15) is 20.8 Å². The second kappa shape index (κ2) is 5.69. The molecule has 1 amide bonds. The van der Waals surface area contributed by atoms with E-state index in [0.29, 0.717) is 0 Å². The summed E-state index contributed by atoms with van der Waals surface area (Å²) in [4.78, 5) is 23.8. The second-order valence-electron chi connectivity index (χ2n) is 4.31. The highest BCUT2D eigenvalue weighted by atomic mass is 16.6. The number of carbonyl (C=O) groups is 2. The van der Waals surface area contributed by atoms with E-state index in [2.05, 4.69) is 4.74 Å². The van der Waals surface area contributed by atoms with Crippen LogP contribution in [-0.2, 0) is 14.3 Å². The van der Waals surface area contributed by atoms with Crippen molar-refractivity contribution in [3.05, 3.63) is 0 Å². The molecule has 0 bridgehead atoms. The van der Waals surface area contributed by atoms with Gasteiger partial charge in [0.25, 0.3) is 0 Å². The van der Waals surface area contributed by atoms with Gasteiger partial charge < -0.3 is 14.6 Å². The molecule has 6 nitrogen and oxygen atoms in total. The Morgan fingerprint density at radius 1 is 1.38 bits per heavy atom. The molecule has 94 valence electrons. The number of hydrogen-bond donors (Lipinski definition) is 1. The molecule has 0 aromatic carbocycles. The highest BCUT2D eigenvalue weighted by Gasteiger charge is 2.30. The molecule has 0 unspecified atom stereocenters. The van der Waals surface area contributed by atoms with Crippen molar-refractivity contribution in [3.8, 4) is 0 Å². The van der Waals surface area contributed by atoms with Crippen molar-refractivity contribution in [3.63, 3.8) is 0 Å². The Kier molecular flexibility index (Phi) is 5.23. The Morgan fingerprint density at radius 3 is 2.19 bits per heavy atom. The molecular weight excluding hydrogens is 214 g/mol. The summed E-state index contributed by atoms with van der Waals surface area (Å²) in [6.07, 6.45) is -0.683. The van der Waals surface area contributed by atoms with Crippen LogP contribution in [0.25, 0.3) is 0 Å². The molecule has 0 heterocycles. The van der Waals surface area contributed by atoms with E-state index < -0.39 is 30.3 Å². The number of rotatable bonds is 3. The predicted molar refractivity (Wildman–Crippen MR) is 56.9 cm³/mol. The summed E-state index contributed by atoms with van der Waals surface area (Å²) in [5.74, 6) is -0.684. The van der Waals surface area contributed by atoms with Gasteiger partial charge in [0.05, 0.1) is 13.7 Å². The summed E-state index contributed by atoms with van der Waals surface area (Å²) >= 11 is 0. The van der Waals surface area contributed by atoms with E-state index in [9.17, 15) is 9.59 Å². The van der Waals surface area contributed by atoms with Crippen LogP contribution < -0.4 is 0 Å². The van der Waals surface area contributed by atoms with E-state index in [1.807, 2.05) is 0 Å². The molecule has 0 saturated heterocycles. The van der Waals surface area contributed by atoms with Crippen molar-refractivity contribution < 1.29 is 24.2 Å². The summed E-state index contributed by atoms with van der Waals surface area (Å²) in [5.41, 5.74) is -0.651. The van der Waals surface area contributed by atoms with E-state index in [4.69, 9.17) is 9.84 Å². The maximum atomic E-state index is 11.6. The van der Waals surface area contributed by atoms with Crippen LogP contribution in [-0.4, -0.2) is 54.5 Å². The first kappa shape index (κ1) is 14.7. The third-order valence-corrected chi connectivity index (χ3v) is 1.80. The molecule has 1 N–H and O–H groups in total. The minimum atomic E-state index is -1.04. The van der Waals surface area contributed by atoms with Gasteiger partial charge in [-0.1, -0.05) is 0 Å². The number of amides is 1. The number of hydrogen-bond acceptors (Lipinski definition) is 5. The van der Waals surface area contributed by atoms with E-state index >= 15 is 0 Å². The first-order chi connectivity index (χ1) is 7.22. The number of methoxy groups -OCH3 is 1. The quantitative estimate of drug-likeness (QED) is 0.713. The molecule has 0 fully saturated rings. The Balaban J connectivity index is 4.57. The van der Waals surface area contributed by atoms with Gasteiger partial charge in [-0.15, -0.1) is 0 Å². The van der Waals surface area contributed by atoms with Crippen molar-refractivity contribution in [1.29, 1.82) is 0 Å². The predicted octanol–water partition coefficient (Wildman–Crippen LogP) is 0.387. The number of esters is 1. The van der Waals surface area contributed by atoms with Crippen LogP contribution in [0.2, 0.25) is 0 Å². The summed E-state index contributed by atoms with van der Waals surface area (Å²) in [5, 5.41) is 8.99. The molecule has 0 aliphatic heterocycles.